The van der Waals surface area contributed by atoms with Crippen molar-refractivity contribution in [2.24, 2.45) is 7.05 Å². The number of piperidine rings is 1. The predicted molar refractivity (Wildman–Crippen MR) is 126 cm³/mol. The molecule has 0 aliphatic carbocycles. The number of hydrogen-bond acceptors (Lipinski definition) is 6. The summed E-state index contributed by atoms with van der Waals surface area (Å²) in [5, 5.41) is 10.4. The van der Waals surface area contributed by atoms with Crippen molar-refractivity contribution in [1.29, 1.82) is 0 Å². The van der Waals surface area contributed by atoms with E-state index < -0.39 is 5.60 Å². The molecule has 1 amide bonds. The number of hydrogen-bond donors (Lipinski definition) is 1. The van der Waals surface area contributed by atoms with Crippen molar-refractivity contribution in [3.05, 3.63) is 47.8 Å². The number of rotatable bonds is 4. The highest BCUT2D eigenvalue weighted by molar-refractivity contribution is 6.03. The Labute approximate surface area is 198 Å². The van der Waals surface area contributed by atoms with Crippen LogP contribution in [0.3, 0.4) is 0 Å². The number of imidazole rings is 1. The van der Waals surface area contributed by atoms with Gasteiger partial charge in [0.25, 0.3) is 5.91 Å². The number of carbonyl (C=O) groups excluding carboxylic acids is 2. The second kappa shape index (κ2) is 8.34. The summed E-state index contributed by atoms with van der Waals surface area (Å²) in [5.74, 6) is 0.910. The fourth-order valence-corrected chi connectivity index (χ4v) is 5.02. The number of carbonyl (C=O) groups is 2. The van der Waals surface area contributed by atoms with E-state index in [1.807, 2.05) is 50.1 Å². The summed E-state index contributed by atoms with van der Waals surface area (Å²) in [4.78, 5) is 32.3. The van der Waals surface area contributed by atoms with E-state index in [-0.39, 0.29) is 53.6 Å². The molecule has 0 radical (unpaired) electrons. The lowest BCUT2D eigenvalue weighted by atomic mass is 9.92. The number of ketones is 1. The average Bonchev–Trinajstić information content (AvgIpc) is 3.12. The standard InChI is InChI=1S/C26H29N3O5/c1-26(2)14-21(31)24-20(30)12-16(13-22(24)34-26)33-15-23(32)29-11-7-6-10-19(29)25-27-17-8-4-5-9-18(17)28(25)3/h4-5,8-9,12-13,19,30H,6-7,10-11,14-15H2,1-3H3/t19-/m0/s1. The molecule has 5 rings (SSSR count). The number of benzene rings is 2. The number of likely N-dealkylation sites (tertiary alicyclic amines) is 1. The van der Waals surface area contributed by atoms with Gasteiger partial charge in [0.05, 0.1) is 23.5 Å². The van der Waals surface area contributed by atoms with Crippen molar-refractivity contribution < 1.29 is 24.2 Å². The van der Waals surface area contributed by atoms with Crippen molar-refractivity contribution in [3.63, 3.8) is 0 Å². The van der Waals surface area contributed by atoms with Gasteiger partial charge in [-0.25, -0.2) is 4.98 Å². The molecule has 3 aromatic rings. The van der Waals surface area contributed by atoms with Gasteiger partial charge >= 0.3 is 0 Å². The second-order valence-electron chi connectivity index (χ2n) is 9.68. The van der Waals surface area contributed by atoms with Gasteiger partial charge in [0.15, 0.2) is 12.4 Å². The first kappa shape index (κ1) is 22.3. The summed E-state index contributed by atoms with van der Waals surface area (Å²) >= 11 is 0. The molecule has 0 saturated carbocycles. The maximum Gasteiger partial charge on any atom is 0.261 e. The summed E-state index contributed by atoms with van der Waals surface area (Å²) in [6.07, 6.45) is 2.98. The molecule has 8 nitrogen and oxygen atoms in total. The topological polar surface area (TPSA) is 93.9 Å². The maximum atomic E-state index is 13.2. The predicted octanol–water partition coefficient (Wildman–Crippen LogP) is 4.16. The molecule has 1 saturated heterocycles. The summed E-state index contributed by atoms with van der Waals surface area (Å²) in [6.45, 7) is 4.09. The molecule has 1 N–H and O–H groups in total. The van der Waals surface area contributed by atoms with Gasteiger partial charge in [-0.1, -0.05) is 12.1 Å². The Morgan fingerprint density at radius 2 is 2.06 bits per heavy atom. The zero-order chi connectivity index (χ0) is 24.0. The maximum absolute atomic E-state index is 13.2. The third-order valence-corrected chi connectivity index (χ3v) is 6.61. The van der Waals surface area contributed by atoms with E-state index in [1.54, 1.807) is 6.07 Å². The number of aryl methyl sites for hydroxylation is 1. The molecule has 1 aromatic heterocycles. The molecule has 0 unspecified atom stereocenters. The SMILES string of the molecule is Cn1c([C@@H]2CCCCN2C(=O)COc2cc(O)c3c(c2)OC(C)(C)CC3=O)nc2ccccc21. The lowest BCUT2D eigenvalue weighted by molar-refractivity contribution is -0.137. The molecule has 2 aromatic carbocycles. The van der Waals surface area contributed by atoms with Crippen LogP contribution < -0.4 is 9.47 Å². The third kappa shape index (κ3) is 3.97. The Morgan fingerprint density at radius 1 is 1.26 bits per heavy atom. The summed E-state index contributed by atoms with van der Waals surface area (Å²) < 4.78 is 13.7. The van der Waals surface area contributed by atoms with Crippen molar-refractivity contribution in [1.82, 2.24) is 14.5 Å². The normalized spacial score (nSPS) is 19.6. The zero-order valence-corrected chi connectivity index (χ0v) is 19.7. The molecule has 3 heterocycles. The molecular weight excluding hydrogens is 434 g/mol. The number of aromatic hydroxyl groups is 1. The van der Waals surface area contributed by atoms with Crippen LogP contribution >= 0.6 is 0 Å². The molecule has 0 bridgehead atoms. The quantitative estimate of drug-likeness (QED) is 0.625. The van der Waals surface area contributed by atoms with Gasteiger partial charge in [0, 0.05) is 25.7 Å². The number of phenolic OH excluding ortho intramolecular Hbond substituents is 1. The third-order valence-electron chi connectivity index (χ3n) is 6.61. The molecule has 2 aliphatic heterocycles. The van der Waals surface area contributed by atoms with E-state index in [0.717, 1.165) is 36.1 Å². The number of fused-ring (bicyclic) bond motifs is 2. The van der Waals surface area contributed by atoms with Crippen molar-refractivity contribution in [2.75, 3.05) is 13.2 Å². The monoisotopic (exact) mass is 463 g/mol. The zero-order valence-electron chi connectivity index (χ0n) is 19.7. The number of aromatic nitrogens is 2. The molecule has 2 aliphatic rings. The highest BCUT2D eigenvalue weighted by atomic mass is 16.5. The first-order valence-corrected chi connectivity index (χ1v) is 11.7. The van der Waals surface area contributed by atoms with Gasteiger partial charge in [-0.2, -0.15) is 0 Å². The number of phenols is 1. The molecule has 0 spiro atoms. The largest absolute Gasteiger partial charge is 0.507 e. The molecule has 1 atom stereocenters. The molecule has 34 heavy (non-hydrogen) atoms. The molecule has 1 fully saturated rings. The van der Waals surface area contributed by atoms with E-state index in [2.05, 4.69) is 4.57 Å². The lowest BCUT2D eigenvalue weighted by Crippen LogP contribution is -2.42. The fourth-order valence-electron chi connectivity index (χ4n) is 5.02. The van der Waals surface area contributed by atoms with Crippen LogP contribution in [-0.4, -0.2) is 50.0 Å². The van der Waals surface area contributed by atoms with Gasteiger partial charge in [-0.3, -0.25) is 9.59 Å². The van der Waals surface area contributed by atoms with Crippen LogP contribution in [0.15, 0.2) is 36.4 Å². The van der Waals surface area contributed by atoms with E-state index in [1.165, 1.54) is 6.07 Å². The van der Waals surface area contributed by atoms with Crippen LogP contribution in [0.1, 0.15) is 61.8 Å². The van der Waals surface area contributed by atoms with E-state index >= 15 is 0 Å². The Hall–Kier alpha value is -3.55. The first-order valence-electron chi connectivity index (χ1n) is 11.7. The van der Waals surface area contributed by atoms with Crippen molar-refractivity contribution >= 4 is 22.7 Å². The van der Waals surface area contributed by atoms with Crippen LogP contribution in [0.25, 0.3) is 11.0 Å². The van der Waals surface area contributed by atoms with Gasteiger partial charge < -0.3 is 24.0 Å². The number of ether oxygens (including phenoxy) is 2. The lowest BCUT2D eigenvalue weighted by Gasteiger charge is -2.35. The molecule has 8 heteroatoms. The average molecular weight is 464 g/mol. The van der Waals surface area contributed by atoms with Gasteiger partial charge in [-0.05, 0) is 45.2 Å². The van der Waals surface area contributed by atoms with Crippen molar-refractivity contribution in [2.45, 2.75) is 51.2 Å². The number of para-hydroxylation sites is 2. The number of amides is 1. The minimum absolute atomic E-state index is 0.124. The fraction of sp³-hybridized carbons (Fsp3) is 0.423. The summed E-state index contributed by atoms with van der Waals surface area (Å²) in [5.41, 5.74) is 1.44. The van der Waals surface area contributed by atoms with Crippen LogP contribution in [0.4, 0.5) is 0 Å². The van der Waals surface area contributed by atoms with Crippen LogP contribution in [-0.2, 0) is 11.8 Å². The molecular formula is C26H29N3O5. The van der Waals surface area contributed by atoms with Crippen molar-refractivity contribution in [3.8, 4) is 17.2 Å². The van der Waals surface area contributed by atoms with Crippen LogP contribution in [0, 0.1) is 0 Å². The minimum atomic E-state index is -0.669. The highest BCUT2D eigenvalue weighted by Crippen LogP contribution is 2.41. The van der Waals surface area contributed by atoms with Crippen LogP contribution in [0.5, 0.6) is 17.2 Å². The van der Waals surface area contributed by atoms with Gasteiger partial charge in [0.2, 0.25) is 0 Å². The highest BCUT2D eigenvalue weighted by Gasteiger charge is 2.35. The molecule has 178 valence electrons. The van der Waals surface area contributed by atoms with Crippen LogP contribution in [0.2, 0.25) is 0 Å². The number of nitrogens with zero attached hydrogens (tertiary/aromatic N) is 3. The Kier molecular flexibility index (Phi) is 5.46. The van der Waals surface area contributed by atoms with E-state index in [4.69, 9.17) is 14.5 Å². The summed E-state index contributed by atoms with van der Waals surface area (Å²) in [7, 11) is 1.98. The summed E-state index contributed by atoms with van der Waals surface area (Å²) in [6, 6.07) is 10.8. The minimum Gasteiger partial charge on any atom is -0.507 e. The van der Waals surface area contributed by atoms with E-state index in [9.17, 15) is 14.7 Å². The number of Topliss-reactive ketones (excluding diaryl/α,β-unsaturated/α-hetero) is 1. The smallest absolute Gasteiger partial charge is 0.261 e. The Balaban J connectivity index is 1.35. The van der Waals surface area contributed by atoms with E-state index in [0.29, 0.717) is 6.54 Å². The Bertz CT molecular complexity index is 1280. The van der Waals surface area contributed by atoms with Gasteiger partial charge in [-0.15, -0.1) is 0 Å². The second-order valence-corrected chi connectivity index (χ2v) is 9.68. The first-order chi connectivity index (χ1) is 16.2. The van der Waals surface area contributed by atoms with Gasteiger partial charge in [0.1, 0.15) is 34.2 Å². The Morgan fingerprint density at radius 3 is 2.85 bits per heavy atom.